The first-order valence-electron chi connectivity index (χ1n) is 7.22. The number of aliphatic hydroxyl groups excluding tert-OH is 2. The van der Waals surface area contributed by atoms with E-state index in [2.05, 4.69) is 15.0 Å². The highest BCUT2D eigenvalue weighted by Gasteiger charge is 2.09. The zero-order chi connectivity index (χ0) is 16.2. The summed E-state index contributed by atoms with van der Waals surface area (Å²) in [5, 5.41) is 18.2. The summed E-state index contributed by atoms with van der Waals surface area (Å²) in [5.74, 6) is 0. The molecular formula is C15H17N5O2S. The highest BCUT2D eigenvalue weighted by molar-refractivity contribution is 7.71. The monoisotopic (exact) mass is 331 g/mol. The molecule has 3 rings (SSSR count). The van der Waals surface area contributed by atoms with Crippen LogP contribution in [0, 0.1) is 4.64 Å². The molecule has 0 bridgehead atoms. The van der Waals surface area contributed by atoms with Gasteiger partial charge in [-0.15, -0.1) is 0 Å². The SMILES string of the molecule is OCCN(CCO)c1ccc(-n2cnc3c(=S)nc[nH]c32)cc1. The van der Waals surface area contributed by atoms with Crippen LogP contribution in [-0.4, -0.2) is 56.0 Å². The number of aliphatic hydroxyl groups is 2. The number of fused-ring (bicyclic) bond motifs is 1. The molecule has 0 aliphatic heterocycles. The maximum Gasteiger partial charge on any atom is 0.157 e. The third-order valence-electron chi connectivity index (χ3n) is 3.59. The molecule has 3 aromatic rings. The molecule has 3 N–H and O–H groups in total. The number of imidazole rings is 1. The summed E-state index contributed by atoms with van der Waals surface area (Å²) in [7, 11) is 0. The van der Waals surface area contributed by atoms with Crippen molar-refractivity contribution in [2.24, 2.45) is 0 Å². The molecule has 0 atom stereocenters. The Hall–Kier alpha value is -2.29. The van der Waals surface area contributed by atoms with Crippen molar-refractivity contribution in [2.75, 3.05) is 31.2 Å². The molecule has 0 saturated carbocycles. The fraction of sp³-hybridized carbons (Fsp3) is 0.267. The zero-order valence-electron chi connectivity index (χ0n) is 12.4. The van der Waals surface area contributed by atoms with E-state index in [-0.39, 0.29) is 13.2 Å². The Kier molecular flexibility index (Phi) is 4.65. The van der Waals surface area contributed by atoms with Crippen LogP contribution >= 0.6 is 12.2 Å². The van der Waals surface area contributed by atoms with Gasteiger partial charge in [-0.2, -0.15) is 0 Å². The Balaban J connectivity index is 1.95. The first-order chi connectivity index (χ1) is 11.2. The van der Waals surface area contributed by atoms with Gasteiger partial charge in [0.05, 0.1) is 19.5 Å². The number of nitrogens with zero attached hydrogens (tertiary/aromatic N) is 4. The Labute approximate surface area is 137 Å². The number of benzene rings is 1. The second-order valence-corrected chi connectivity index (χ2v) is 5.36. The minimum Gasteiger partial charge on any atom is -0.395 e. The number of nitrogens with one attached hydrogen (secondary N) is 1. The van der Waals surface area contributed by atoms with Gasteiger partial charge in [-0.25, -0.2) is 9.97 Å². The molecule has 0 amide bonds. The number of hydrogen-bond acceptors (Lipinski definition) is 6. The van der Waals surface area contributed by atoms with Crippen LogP contribution in [0.3, 0.4) is 0 Å². The summed E-state index contributed by atoms with van der Waals surface area (Å²) < 4.78 is 2.37. The minimum absolute atomic E-state index is 0.0392. The van der Waals surface area contributed by atoms with Crippen molar-refractivity contribution in [1.82, 2.24) is 19.5 Å². The second-order valence-electron chi connectivity index (χ2n) is 4.97. The number of rotatable bonds is 6. The summed E-state index contributed by atoms with van der Waals surface area (Å²) in [4.78, 5) is 13.3. The summed E-state index contributed by atoms with van der Waals surface area (Å²) in [6.45, 7) is 1.04. The van der Waals surface area contributed by atoms with Gasteiger partial charge in [-0.1, -0.05) is 12.2 Å². The molecule has 0 unspecified atom stereocenters. The maximum atomic E-state index is 9.12. The minimum atomic E-state index is 0.0392. The first-order valence-corrected chi connectivity index (χ1v) is 7.63. The molecule has 1 aromatic carbocycles. The van der Waals surface area contributed by atoms with Gasteiger partial charge in [-0.05, 0) is 24.3 Å². The molecule has 0 spiro atoms. The number of anilines is 1. The molecule has 0 aliphatic carbocycles. The molecule has 23 heavy (non-hydrogen) atoms. The van der Waals surface area contributed by atoms with E-state index in [0.717, 1.165) is 17.0 Å². The van der Waals surface area contributed by atoms with E-state index in [9.17, 15) is 0 Å². The van der Waals surface area contributed by atoms with Gasteiger partial charge in [0.25, 0.3) is 0 Å². The Morgan fingerprint density at radius 2 is 1.78 bits per heavy atom. The Morgan fingerprint density at radius 1 is 1.09 bits per heavy atom. The lowest BCUT2D eigenvalue weighted by Crippen LogP contribution is -2.29. The van der Waals surface area contributed by atoms with Crippen molar-refractivity contribution < 1.29 is 10.2 Å². The van der Waals surface area contributed by atoms with Crippen molar-refractivity contribution in [3.8, 4) is 5.69 Å². The van der Waals surface area contributed by atoms with Gasteiger partial charge in [0, 0.05) is 24.5 Å². The van der Waals surface area contributed by atoms with Crippen LogP contribution in [0.1, 0.15) is 0 Å². The molecule has 0 fully saturated rings. The Bertz CT molecular complexity index is 837. The van der Waals surface area contributed by atoms with Crippen LogP contribution < -0.4 is 4.90 Å². The van der Waals surface area contributed by atoms with Crippen LogP contribution in [0.5, 0.6) is 0 Å². The number of aromatic amines is 1. The van der Waals surface area contributed by atoms with Crippen LogP contribution in [0.15, 0.2) is 36.9 Å². The fourth-order valence-corrected chi connectivity index (χ4v) is 2.69. The predicted molar refractivity (Wildman–Crippen MR) is 90.4 cm³/mol. The molecule has 7 nitrogen and oxygen atoms in total. The van der Waals surface area contributed by atoms with Gasteiger partial charge >= 0.3 is 0 Å². The molecule has 120 valence electrons. The summed E-state index contributed by atoms with van der Waals surface area (Å²) in [6.07, 6.45) is 3.26. The molecule has 2 heterocycles. The average Bonchev–Trinajstić information content (AvgIpc) is 3.00. The van der Waals surface area contributed by atoms with Crippen LogP contribution in [0.4, 0.5) is 5.69 Å². The lowest BCUT2D eigenvalue weighted by molar-refractivity contribution is 0.281. The number of aromatic nitrogens is 4. The second kappa shape index (κ2) is 6.86. The third-order valence-corrected chi connectivity index (χ3v) is 3.88. The smallest absolute Gasteiger partial charge is 0.157 e. The lowest BCUT2D eigenvalue weighted by atomic mass is 10.2. The van der Waals surface area contributed by atoms with Crippen LogP contribution in [-0.2, 0) is 0 Å². The van der Waals surface area contributed by atoms with Crippen molar-refractivity contribution in [2.45, 2.75) is 0 Å². The molecule has 8 heteroatoms. The summed E-state index contributed by atoms with van der Waals surface area (Å²) >= 11 is 5.17. The normalized spacial score (nSPS) is 11.0. The highest BCUT2D eigenvalue weighted by atomic mass is 32.1. The standard InChI is InChI=1S/C15H17N5O2S/c21-7-5-19(6-8-22)11-1-3-12(4-2-11)20-10-18-13-14(20)16-9-17-15(13)23/h1-4,9-10,21-22H,5-8H2,(H,16,17,23). The van der Waals surface area contributed by atoms with Gasteiger partial charge in [0.1, 0.15) is 17.5 Å². The number of H-pyrrole nitrogens is 1. The Morgan fingerprint density at radius 3 is 2.43 bits per heavy atom. The van der Waals surface area contributed by atoms with Crippen molar-refractivity contribution >= 4 is 29.1 Å². The van der Waals surface area contributed by atoms with Gasteiger partial charge < -0.3 is 20.1 Å². The lowest BCUT2D eigenvalue weighted by Gasteiger charge is -2.23. The van der Waals surface area contributed by atoms with Crippen molar-refractivity contribution in [3.63, 3.8) is 0 Å². The average molecular weight is 331 g/mol. The fourth-order valence-electron chi connectivity index (χ4n) is 2.49. The van der Waals surface area contributed by atoms with E-state index in [4.69, 9.17) is 22.4 Å². The maximum absolute atomic E-state index is 9.12. The quantitative estimate of drug-likeness (QED) is 0.589. The molecule has 2 aromatic heterocycles. The van der Waals surface area contributed by atoms with Crippen molar-refractivity contribution in [1.29, 1.82) is 0 Å². The molecular weight excluding hydrogens is 314 g/mol. The van der Waals surface area contributed by atoms with Crippen LogP contribution in [0.25, 0.3) is 16.9 Å². The number of hydrogen-bond donors (Lipinski definition) is 3. The van der Waals surface area contributed by atoms with Gasteiger partial charge in [0.15, 0.2) is 4.64 Å². The third kappa shape index (κ3) is 3.09. The summed E-state index contributed by atoms with van der Waals surface area (Å²) in [6, 6.07) is 7.80. The highest BCUT2D eigenvalue weighted by Crippen LogP contribution is 2.20. The largest absolute Gasteiger partial charge is 0.395 e. The summed E-state index contributed by atoms with van der Waals surface area (Å²) in [5.41, 5.74) is 3.33. The predicted octanol–water partition coefficient (Wildman–Crippen LogP) is 1.27. The first kappa shape index (κ1) is 15.6. The van der Waals surface area contributed by atoms with E-state index >= 15 is 0 Å². The van der Waals surface area contributed by atoms with E-state index in [1.165, 1.54) is 0 Å². The van der Waals surface area contributed by atoms with Gasteiger partial charge in [-0.3, -0.25) is 4.57 Å². The van der Waals surface area contributed by atoms with Crippen LogP contribution in [0.2, 0.25) is 0 Å². The van der Waals surface area contributed by atoms with Crippen molar-refractivity contribution in [3.05, 3.63) is 41.6 Å². The van der Waals surface area contributed by atoms with E-state index in [1.807, 2.05) is 33.7 Å². The molecule has 0 aliphatic rings. The van der Waals surface area contributed by atoms with Gasteiger partial charge in [0.2, 0.25) is 0 Å². The molecule has 0 saturated heterocycles. The van der Waals surface area contributed by atoms with E-state index in [1.54, 1.807) is 12.7 Å². The van der Waals surface area contributed by atoms with E-state index < -0.39 is 0 Å². The topological polar surface area (TPSA) is 90.2 Å². The zero-order valence-corrected chi connectivity index (χ0v) is 13.2. The molecule has 0 radical (unpaired) electrons. The van der Waals surface area contributed by atoms with E-state index in [0.29, 0.717) is 23.2 Å².